The molecule has 0 unspecified atom stereocenters. The summed E-state index contributed by atoms with van der Waals surface area (Å²) in [6, 6.07) is 0.407. The van der Waals surface area contributed by atoms with Gasteiger partial charge in [0.2, 0.25) is 5.91 Å². The average molecular weight is 254 g/mol. The van der Waals surface area contributed by atoms with Gasteiger partial charge in [0.15, 0.2) is 0 Å². The maximum Gasteiger partial charge on any atom is 0.220 e. The molecule has 2 rings (SSSR count). The van der Waals surface area contributed by atoms with E-state index in [4.69, 9.17) is 11.5 Å². The molecule has 1 saturated carbocycles. The number of primary amides is 1. The second-order valence-electron chi connectivity index (χ2n) is 4.62. The number of nitrogens with zero attached hydrogens (tertiary/aromatic N) is 1. The van der Waals surface area contributed by atoms with Crippen LogP contribution in [-0.2, 0) is 4.79 Å². The van der Waals surface area contributed by atoms with E-state index in [0.717, 1.165) is 36.2 Å². The largest absolute Gasteiger partial charge is 0.383 e. The molecule has 1 fully saturated rings. The predicted molar refractivity (Wildman–Crippen MR) is 69.8 cm³/mol. The molecule has 6 heteroatoms. The van der Waals surface area contributed by atoms with Crippen LogP contribution in [0, 0.1) is 12.8 Å². The molecule has 1 aliphatic carbocycles. The van der Waals surface area contributed by atoms with Crippen LogP contribution in [0.15, 0.2) is 0 Å². The van der Waals surface area contributed by atoms with E-state index in [-0.39, 0.29) is 11.8 Å². The summed E-state index contributed by atoms with van der Waals surface area (Å²) >= 11 is 1.40. The van der Waals surface area contributed by atoms with E-state index >= 15 is 0 Å². The molecule has 5 nitrogen and oxygen atoms in total. The quantitative estimate of drug-likeness (QED) is 0.761. The van der Waals surface area contributed by atoms with Crippen LogP contribution < -0.4 is 16.8 Å². The fourth-order valence-corrected chi connectivity index (χ4v) is 2.98. The summed E-state index contributed by atoms with van der Waals surface area (Å²) in [5.41, 5.74) is 12.0. The summed E-state index contributed by atoms with van der Waals surface area (Å²) in [4.78, 5) is 11.1. The van der Waals surface area contributed by atoms with Gasteiger partial charge in [-0.25, -0.2) is 0 Å². The number of hydrogen-bond acceptors (Lipinski definition) is 5. The van der Waals surface area contributed by atoms with Crippen molar-refractivity contribution < 1.29 is 4.79 Å². The third kappa shape index (κ3) is 2.69. The topological polar surface area (TPSA) is 94.0 Å². The first-order chi connectivity index (χ1) is 8.08. The van der Waals surface area contributed by atoms with Crippen LogP contribution >= 0.6 is 11.5 Å². The molecule has 1 aliphatic rings. The number of nitrogens with two attached hydrogens (primary N) is 2. The molecule has 0 bridgehead atoms. The molecule has 0 radical (unpaired) electrons. The van der Waals surface area contributed by atoms with Crippen molar-refractivity contribution in [3.05, 3.63) is 5.56 Å². The maximum atomic E-state index is 11.1. The van der Waals surface area contributed by atoms with Gasteiger partial charge in [0.05, 0.1) is 0 Å². The number of carbonyl (C=O) groups is 1. The lowest BCUT2D eigenvalue weighted by atomic mass is 9.85. The standard InChI is InChI=1S/C11H18N4OS/c1-6-9(12)15-17-11(6)14-8-4-2-7(3-5-8)10(13)16/h7-8,14H,2-5H2,1H3,(H2,12,15)(H2,13,16). The van der Waals surface area contributed by atoms with E-state index in [0.29, 0.717) is 11.9 Å². The molecule has 1 aromatic rings. The summed E-state index contributed by atoms with van der Waals surface area (Å²) in [6.45, 7) is 1.97. The highest BCUT2D eigenvalue weighted by Crippen LogP contribution is 2.30. The molecule has 1 aromatic heterocycles. The molecular weight excluding hydrogens is 236 g/mol. The number of amides is 1. The zero-order valence-corrected chi connectivity index (χ0v) is 10.7. The number of nitrogen functional groups attached to an aromatic ring is 1. The number of rotatable bonds is 3. The predicted octanol–water partition coefficient (Wildman–Crippen LogP) is 1.49. The monoisotopic (exact) mass is 254 g/mol. The van der Waals surface area contributed by atoms with Crippen molar-refractivity contribution in [2.75, 3.05) is 11.1 Å². The summed E-state index contributed by atoms with van der Waals surface area (Å²) in [5, 5.41) is 4.50. The van der Waals surface area contributed by atoms with Crippen molar-refractivity contribution in [1.82, 2.24) is 4.37 Å². The van der Waals surface area contributed by atoms with Crippen LogP contribution in [0.25, 0.3) is 0 Å². The second kappa shape index (κ2) is 4.91. The van der Waals surface area contributed by atoms with E-state index in [9.17, 15) is 4.79 Å². The van der Waals surface area contributed by atoms with Gasteiger partial charge in [-0.3, -0.25) is 4.79 Å². The van der Waals surface area contributed by atoms with E-state index in [2.05, 4.69) is 9.69 Å². The zero-order chi connectivity index (χ0) is 12.4. The Morgan fingerprint density at radius 3 is 2.53 bits per heavy atom. The number of aromatic nitrogens is 1. The van der Waals surface area contributed by atoms with Gasteiger partial charge in [0, 0.05) is 17.5 Å². The zero-order valence-electron chi connectivity index (χ0n) is 9.90. The molecule has 1 amide bonds. The summed E-state index contributed by atoms with van der Waals surface area (Å²) in [7, 11) is 0. The van der Waals surface area contributed by atoms with Crippen molar-refractivity contribution in [3.8, 4) is 0 Å². The Hall–Kier alpha value is -1.30. The number of hydrogen-bond donors (Lipinski definition) is 3. The molecule has 1 heterocycles. The second-order valence-corrected chi connectivity index (χ2v) is 5.39. The van der Waals surface area contributed by atoms with Crippen molar-refractivity contribution >= 4 is 28.3 Å². The number of nitrogens with one attached hydrogen (secondary N) is 1. The molecule has 5 N–H and O–H groups in total. The highest BCUT2D eigenvalue weighted by molar-refractivity contribution is 7.10. The van der Waals surface area contributed by atoms with Crippen LogP contribution in [-0.4, -0.2) is 16.3 Å². The maximum absolute atomic E-state index is 11.1. The highest BCUT2D eigenvalue weighted by Gasteiger charge is 2.25. The van der Waals surface area contributed by atoms with Crippen LogP contribution in [0.5, 0.6) is 0 Å². The minimum atomic E-state index is -0.165. The molecule has 0 aromatic carbocycles. The summed E-state index contributed by atoms with van der Waals surface area (Å²) in [6.07, 6.45) is 3.70. The van der Waals surface area contributed by atoms with Crippen LogP contribution in [0.3, 0.4) is 0 Å². The SMILES string of the molecule is Cc1c(N)nsc1NC1CCC(C(N)=O)CC1. The average Bonchev–Trinajstić information content (AvgIpc) is 2.62. The fourth-order valence-electron chi connectivity index (χ4n) is 2.19. The minimum absolute atomic E-state index is 0.0562. The van der Waals surface area contributed by atoms with E-state index in [1.165, 1.54) is 11.5 Å². The third-order valence-corrected chi connectivity index (χ3v) is 4.32. The van der Waals surface area contributed by atoms with Crippen molar-refractivity contribution in [3.63, 3.8) is 0 Å². The van der Waals surface area contributed by atoms with E-state index in [1.54, 1.807) is 0 Å². The lowest BCUT2D eigenvalue weighted by Crippen LogP contribution is -2.32. The van der Waals surface area contributed by atoms with E-state index < -0.39 is 0 Å². The Kier molecular flexibility index (Phi) is 3.51. The van der Waals surface area contributed by atoms with Crippen LogP contribution in [0.4, 0.5) is 10.8 Å². The third-order valence-electron chi connectivity index (χ3n) is 3.42. The molecule has 0 aliphatic heterocycles. The highest BCUT2D eigenvalue weighted by atomic mass is 32.1. The van der Waals surface area contributed by atoms with Gasteiger partial charge in [0.25, 0.3) is 0 Å². The van der Waals surface area contributed by atoms with Crippen molar-refractivity contribution in [2.24, 2.45) is 11.7 Å². The van der Waals surface area contributed by atoms with Crippen LogP contribution in [0.1, 0.15) is 31.2 Å². The van der Waals surface area contributed by atoms with Gasteiger partial charge in [-0.15, -0.1) is 0 Å². The summed E-state index contributed by atoms with van der Waals surface area (Å²) < 4.78 is 4.11. The molecule has 0 spiro atoms. The van der Waals surface area contributed by atoms with Gasteiger partial charge in [-0.2, -0.15) is 4.37 Å². The Labute approximate surface area is 105 Å². The Morgan fingerprint density at radius 2 is 2.06 bits per heavy atom. The smallest absolute Gasteiger partial charge is 0.220 e. The number of anilines is 2. The lowest BCUT2D eigenvalue weighted by molar-refractivity contribution is -0.122. The Bertz CT molecular complexity index is 410. The first-order valence-electron chi connectivity index (χ1n) is 5.85. The molecule has 0 atom stereocenters. The van der Waals surface area contributed by atoms with Crippen molar-refractivity contribution in [1.29, 1.82) is 0 Å². The number of carbonyl (C=O) groups excluding carboxylic acids is 1. The van der Waals surface area contributed by atoms with Gasteiger partial charge >= 0.3 is 0 Å². The summed E-state index contributed by atoms with van der Waals surface area (Å²) in [5.74, 6) is 0.491. The first-order valence-corrected chi connectivity index (χ1v) is 6.63. The van der Waals surface area contributed by atoms with Crippen molar-refractivity contribution in [2.45, 2.75) is 38.6 Å². The van der Waals surface area contributed by atoms with Gasteiger partial charge in [-0.1, -0.05) is 0 Å². The molecule has 17 heavy (non-hydrogen) atoms. The van der Waals surface area contributed by atoms with E-state index in [1.807, 2.05) is 6.92 Å². The Balaban J connectivity index is 1.90. The van der Waals surface area contributed by atoms with Gasteiger partial charge in [0.1, 0.15) is 10.8 Å². The van der Waals surface area contributed by atoms with Crippen LogP contribution in [0.2, 0.25) is 0 Å². The lowest BCUT2D eigenvalue weighted by Gasteiger charge is -2.27. The normalized spacial score (nSPS) is 24.5. The fraction of sp³-hybridized carbons (Fsp3) is 0.636. The van der Waals surface area contributed by atoms with Gasteiger partial charge < -0.3 is 16.8 Å². The molecular formula is C11H18N4OS. The molecule has 94 valence electrons. The minimum Gasteiger partial charge on any atom is -0.383 e. The van der Waals surface area contributed by atoms with Gasteiger partial charge in [-0.05, 0) is 44.1 Å². The molecule has 0 saturated heterocycles. The first kappa shape index (κ1) is 12.2. The Morgan fingerprint density at radius 1 is 1.41 bits per heavy atom.